The fraction of sp³-hybridized carbons (Fsp3) is 0.500. The number of pyridine rings is 1. The highest BCUT2D eigenvalue weighted by molar-refractivity contribution is 7.90. The molecule has 3 aliphatic carbocycles. The number of benzene rings is 3. The van der Waals surface area contributed by atoms with Crippen LogP contribution in [0, 0.1) is 27.3 Å². The van der Waals surface area contributed by atoms with Gasteiger partial charge in [-0.2, -0.15) is 4.98 Å². The van der Waals surface area contributed by atoms with Gasteiger partial charge in [0.2, 0.25) is 0 Å². The Bertz CT molecular complexity index is 2910. The fourth-order valence-electron chi connectivity index (χ4n) is 11.6. The molecule has 5 heterocycles. The summed E-state index contributed by atoms with van der Waals surface area (Å²) in [5, 5.41) is 25.8. The molecule has 370 valence electrons. The molecule has 4 N–H and O–H groups in total. The highest BCUT2D eigenvalue weighted by Gasteiger charge is 2.50. The second kappa shape index (κ2) is 18.4. The van der Waals surface area contributed by atoms with Crippen LogP contribution in [-0.2, 0) is 14.8 Å². The Morgan fingerprint density at radius 2 is 1.73 bits per heavy atom. The molecule has 3 saturated carbocycles. The zero-order valence-electron chi connectivity index (χ0n) is 39.3. The van der Waals surface area contributed by atoms with Crippen LogP contribution in [-0.4, -0.2) is 103 Å². The zero-order valence-corrected chi connectivity index (χ0v) is 40.1. The number of carbonyl (C=O) groups excluding carboxylic acids is 1. The van der Waals surface area contributed by atoms with Gasteiger partial charge in [-0.15, -0.1) is 0 Å². The lowest BCUT2D eigenvalue weighted by molar-refractivity contribution is -0.384. The van der Waals surface area contributed by atoms with Crippen molar-refractivity contribution in [3.8, 4) is 17.4 Å². The first-order valence-corrected chi connectivity index (χ1v) is 26.3. The van der Waals surface area contributed by atoms with E-state index in [1.165, 1.54) is 62.6 Å². The number of nitrogens with one attached hydrogen (secondary N) is 3. The van der Waals surface area contributed by atoms with E-state index in [4.69, 9.17) is 14.2 Å². The summed E-state index contributed by atoms with van der Waals surface area (Å²) in [5.74, 6) is -0.146. The largest absolute Gasteiger partial charge is 0.467 e. The van der Waals surface area contributed by atoms with Crippen molar-refractivity contribution in [3.05, 3.63) is 106 Å². The number of ether oxygens (including phenoxy) is 3. The molecule has 3 aromatic carbocycles. The van der Waals surface area contributed by atoms with E-state index in [1.54, 1.807) is 30.2 Å². The summed E-state index contributed by atoms with van der Waals surface area (Å²) in [6, 6.07) is 19.5. The van der Waals surface area contributed by atoms with Crippen LogP contribution < -0.4 is 24.4 Å². The Morgan fingerprint density at radius 1 is 0.971 bits per heavy atom. The Kier molecular flexibility index (Phi) is 12.2. The van der Waals surface area contributed by atoms with Gasteiger partial charge in [-0.3, -0.25) is 19.8 Å². The molecule has 3 aliphatic heterocycles. The Labute approximate surface area is 406 Å². The van der Waals surface area contributed by atoms with E-state index in [-0.39, 0.29) is 57.1 Å². The molecule has 2 aromatic heterocycles. The molecule has 3 saturated heterocycles. The quantitative estimate of drug-likeness (QED) is 0.0574. The van der Waals surface area contributed by atoms with Crippen molar-refractivity contribution in [2.45, 2.75) is 112 Å². The lowest BCUT2D eigenvalue weighted by Gasteiger charge is -2.57. The van der Waals surface area contributed by atoms with Crippen LogP contribution in [0.25, 0.3) is 11.0 Å². The number of rotatable bonds is 15. The average Bonchev–Trinajstić information content (AvgIpc) is 3.95. The first-order valence-electron chi connectivity index (χ1n) is 24.8. The van der Waals surface area contributed by atoms with Crippen LogP contribution in [0.5, 0.6) is 17.4 Å². The number of nitro benzene ring substituents is 1. The molecule has 0 radical (unpaired) electrons. The maximum atomic E-state index is 15.0. The van der Waals surface area contributed by atoms with Crippen LogP contribution >= 0.6 is 0 Å². The molecular formula is C52H60FN7O9S. The maximum Gasteiger partial charge on any atom is 0.293 e. The molecule has 1 spiro atoms. The number of hydrogen-bond donors (Lipinski definition) is 4. The van der Waals surface area contributed by atoms with Crippen molar-refractivity contribution in [2.75, 3.05) is 56.2 Å². The van der Waals surface area contributed by atoms with Crippen molar-refractivity contribution in [3.63, 3.8) is 0 Å². The van der Waals surface area contributed by atoms with Crippen LogP contribution in [0.3, 0.4) is 0 Å². The Hall–Kier alpha value is -5.82. The van der Waals surface area contributed by atoms with Crippen LogP contribution in [0.4, 0.5) is 21.5 Å². The lowest BCUT2D eigenvalue weighted by atomic mass is 9.70. The van der Waals surface area contributed by atoms with Gasteiger partial charge < -0.3 is 34.5 Å². The van der Waals surface area contributed by atoms with Crippen molar-refractivity contribution >= 4 is 44.0 Å². The number of carbonyl (C=O) groups is 1. The van der Waals surface area contributed by atoms with Crippen LogP contribution in [0.1, 0.15) is 111 Å². The fourth-order valence-corrected chi connectivity index (χ4v) is 12.6. The minimum absolute atomic E-state index is 0.00130. The van der Waals surface area contributed by atoms with Crippen molar-refractivity contribution < 1.29 is 41.8 Å². The number of piperidine rings is 1. The smallest absolute Gasteiger partial charge is 0.293 e. The summed E-state index contributed by atoms with van der Waals surface area (Å²) in [5.41, 5.74) is 3.11. The molecule has 70 heavy (non-hydrogen) atoms. The first kappa shape index (κ1) is 46.6. The number of likely N-dealkylation sites (tertiary alicyclic amines) is 1. The molecule has 5 aromatic rings. The second-order valence-corrected chi connectivity index (χ2v) is 22.7. The summed E-state index contributed by atoms with van der Waals surface area (Å²) in [7, 11) is -4.67. The Balaban J connectivity index is 0.827. The zero-order chi connectivity index (χ0) is 48.4. The van der Waals surface area contributed by atoms with Crippen molar-refractivity contribution in [1.29, 1.82) is 0 Å². The number of nitrogens with zero attached hydrogens (tertiary/aromatic N) is 4. The minimum atomic E-state index is -4.67. The Morgan fingerprint density at radius 3 is 2.44 bits per heavy atom. The number of fused-ring (bicyclic) bond motifs is 1. The predicted octanol–water partition coefficient (Wildman–Crippen LogP) is 8.77. The number of amides is 1. The number of aliphatic hydroxyl groups is 1. The van der Waals surface area contributed by atoms with Gasteiger partial charge in [-0.25, -0.2) is 17.5 Å². The maximum absolute atomic E-state index is 15.0. The van der Waals surface area contributed by atoms with Gasteiger partial charge >= 0.3 is 0 Å². The van der Waals surface area contributed by atoms with Crippen LogP contribution in [0.15, 0.2) is 77.8 Å². The summed E-state index contributed by atoms with van der Waals surface area (Å²) < 4.78 is 62.9. The van der Waals surface area contributed by atoms with Gasteiger partial charge in [0.05, 0.1) is 39.6 Å². The molecule has 16 nitrogen and oxygen atoms in total. The summed E-state index contributed by atoms with van der Waals surface area (Å²) >= 11 is 0. The lowest BCUT2D eigenvalue weighted by Crippen LogP contribution is -2.63. The molecule has 6 fully saturated rings. The number of aromatic amines is 1. The summed E-state index contributed by atoms with van der Waals surface area (Å²) in [6.07, 6.45) is 11.8. The monoisotopic (exact) mass is 977 g/mol. The molecule has 2 atom stereocenters. The molecule has 11 rings (SSSR count). The van der Waals surface area contributed by atoms with Crippen molar-refractivity contribution in [2.24, 2.45) is 11.3 Å². The third-order valence-corrected chi connectivity index (χ3v) is 17.3. The highest BCUT2D eigenvalue weighted by atomic mass is 32.2. The van der Waals surface area contributed by atoms with E-state index in [9.17, 15) is 28.4 Å². The summed E-state index contributed by atoms with van der Waals surface area (Å²) in [6.45, 7) is 6.49. The van der Waals surface area contributed by atoms with Gasteiger partial charge in [0.25, 0.3) is 27.5 Å². The first-order chi connectivity index (χ1) is 33.7. The van der Waals surface area contributed by atoms with Gasteiger partial charge in [0, 0.05) is 68.8 Å². The molecule has 6 aliphatic rings. The molecule has 18 heteroatoms. The van der Waals surface area contributed by atoms with E-state index < -0.39 is 42.9 Å². The van der Waals surface area contributed by atoms with Crippen LogP contribution in [0.2, 0.25) is 0 Å². The topological polar surface area (TPSA) is 201 Å². The molecule has 0 unspecified atom stereocenters. The normalized spacial score (nSPS) is 24.8. The van der Waals surface area contributed by atoms with Gasteiger partial charge in [0.1, 0.15) is 29.0 Å². The number of H-pyrrole nitrogens is 1. The second-order valence-electron chi connectivity index (χ2n) is 21.0. The number of nitro groups is 1. The highest BCUT2D eigenvalue weighted by Crippen LogP contribution is 2.51. The number of sulfonamides is 1. The van der Waals surface area contributed by atoms with E-state index in [0.29, 0.717) is 44.6 Å². The minimum Gasteiger partial charge on any atom is -0.467 e. The summed E-state index contributed by atoms with van der Waals surface area (Å²) in [4.78, 5) is 37.6. The predicted molar refractivity (Wildman–Crippen MR) is 261 cm³/mol. The van der Waals surface area contributed by atoms with E-state index >= 15 is 4.39 Å². The van der Waals surface area contributed by atoms with E-state index in [0.717, 1.165) is 69.5 Å². The van der Waals surface area contributed by atoms with Gasteiger partial charge in [-0.1, -0.05) is 30.7 Å². The standard InChI is InChI=1S/C52H60FN7O9S/c1-51(62)17-15-32(16-18-51)26-54-43-14-12-36(24-45(43)60(63)64)70(65,66)57-49(61)40-13-11-34(23-46(40)69-47-25-41-42(53)27-55-48(41)56-50(47)68-35-28-67-29-35)58-21-19-52(20-22-58)30-59(31-52)44-8-4-7-39(44)38-6-3-2-5-37(38)33-9-10-33/h2-3,5-6,11-14,23-25,27,32-33,35,39,44,54,62H,4,7-10,15-22,26,28-31H2,1H3,(H,55,56)(H,57,61)/t32-,39-,44-,51-/m0/s1. The van der Waals surface area contributed by atoms with Gasteiger partial charge in [-0.05, 0) is 130 Å². The van der Waals surface area contributed by atoms with E-state index in [1.807, 2.05) is 0 Å². The molecule has 1 amide bonds. The number of aromatic nitrogens is 2. The van der Waals surface area contributed by atoms with Gasteiger partial charge in [0.15, 0.2) is 5.75 Å². The third kappa shape index (κ3) is 9.42. The average molecular weight is 978 g/mol. The number of hydrogen-bond acceptors (Lipinski definition) is 13. The molecular weight excluding hydrogens is 918 g/mol. The number of halogens is 1. The van der Waals surface area contributed by atoms with Crippen molar-refractivity contribution in [1.82, 2.24) is 19.6 Å². The SMILES string of the molecule is C[C@]1(O)CC[C@H](CNc2ccc(S(=O)(=O)NC(=O)c3ccc(N4CCC5(CC4)CN([C@H]4CCC[C@H]4c4ccccc4C4CC4)C5)cc3Oc3cc4c(F)c[nH]c4nc3OC3COC3)cc2[N+](=O)[O-])CC1. The number of anilines is 2. The molecule has 0 bridgehead atoms. The third-order valence-electron chi connectivity index (χ3n) is 16.0. The van der Waals surface area contributed by atoms with E-state index in [2.05, 4.69) is 54.1 Å².